The Balaban J connectivity index is 2.33. The quantitative estimate of drug-likeness (QED) is 0.815. The van der Waals surface area contributed by atoms with Gasteiger partial charge in [0.05, 0.1) is 5.02 Å². The smallest absolute Gasteiger partial charge is 0.348 e. The minimum atomic E-state index is -3.89. The van der Waals surface area contributed by atoms with Crippen molar-refractivity contribution in [3.63, 3.8) is 0 Å². The lowest BCUT2D eigenvalue weighted by Crippen LogP contribution is -2.08. The normalized spacial score (nSPS) is 11.4. The SMILES string of the molecule is O=S(=O)(Oc1ccc(F)cc1Cl)c1cccs1. The van der Waals surface area contributed by atoms with Crippen LogP contribution in [0.3, 0.4) is 0 Å². The van der Waals surface area contributed by atoms with Gasteiger partial charge in [0.15, 0.2) is 9.96 Å². The van der Waals surface area contributed by atoms with Gasteiger partial charge in [-0.1, -0.05) is 17.7 Å². The third kappa shape index (κ3) is 2.77. The Labute approximate surface area is 107 Å². The lowest BCUT2D eigenvalue weighted by atomic mass is 10.3. The molecule has 3 nitrogen and oxygen atoms in total. The second-order valence-corrected chi connectivity index (χ2v) is 6.17. The van der Waals surface area contributed by atoms with Gasteiger partial charge in [-0.15, -0.1) is 11.3 Å². The highest BCUT2D eigenvalue weighted by Gasteiger charge is 2.19. The van der Waals surface area contributed by atoms with Crippen LogP contribution in [0.1, 0.15) is 0 Å². The molecule has 0 fully saturated rings. The molecule has 0 radical (unpaired) electrons. The summed E-state index contributed by atoms with van der Waals surface area (Å²) in [6.45, 7) is 0. The van der Waals surface area contributed by atoms with E-state index >= 15 is 0 Å². The number of halogens is 2. The van der Waals surface area contributed by atoms with Gasteiger partial charge in [-0.25, -0.2) is 4.39 Å². The molecule has 90 valence electrons. The number of thiophene rings is 1. The Kier molecular flexibility index (Phi) is 3.37. The summed E-state index contributed by atoms with van der Waals surface area (Å²) in [5, 5.41) is 1.52. The van der Waals surface area contributed by atoms with E-state index in [1.165, 1.54) is 12.1 Å². The molecule has 2 aromatic rings. The molecular formula is C10H6ClFO3S2. The summed E-state index contributed by atoms with van der Waals surface area (Å²) in [5.74, 6) is -0.655. The molecule has 0 amide bonds. The van der Waals surface area contributed by atoms with Gasteiger partial charge in [0.25, 0.3) is 0 Å². The summed E-state index contributed by atoms with van der Waals surface area (Å²) in [6, 6.07) is 6.24. The zero-order valence-corrected chi connectivity index (χ0v) is 10.7. The molecule has 1 aromatic carbocycles. The average Bonchev–Trinajstić information content (AvgIpc) is 2.76. The van der Waals surface area contributed by atoms with Gasteiger partial charge in [-0.3, -0.25) is 0 Å². The van der Waals surface area contributed by atoms with Crippen LogP contribution >= 0.6 is 22.9 Å². The molecule has 7 heteroatoms. The number of hydrogen-bond acceptors (Lipinski definition) is 4. The fraction of sp³-hybridized carbons (Fsp3) is 0. The van der Waals surface area contributed by atoms with Crippen LogP contribution in [0, 0.1) is 5.82 Å². The van der Waals surface area contributed by atoms with E-state index in [2.05, 4.69) is 0 Å². The van der Waals surface area contributed by atoms with E-state index in [-0.39, 0.29) is 15.0 Å². The fourth-order valence-corrected chi connectivity index (χ4v) is 3.26. The van der Waals surface area contributed by atoms with Crippen LogP contribution in [0.2, 0.25) is 5.02 Å². The highest BCUT2D eigenvalue weighted by Crippen LogP contribution is 2.29. The van der Waals surface area contributed by atoms with Crippen molar-refractivity contribution in [1.82, 2.24) is 0 Å². The summed E-state index contributed by atoms with van der Waals surface area (Å²) in [5.41, 5.74) is 0. The third-order valence-corrected chi connectivity index (χ3v) is 4.72. The molecule has 0 saturated heterocycles. The van der Waals surface area contributed by atoms with Crippen LogP contribution in [0.25, 0.3) is 0 Å². The summed E-state index contributed by atoms with van der Waals surface area (Å²) >= 11 is 6.70. The maximum atomic E-state index is 12.8. The zero-order chi connectivity index (χ0) is 12.5. The number of rotatable bonds is 3. The Bertz CT molecular complexity index is 623. The lowest BCUT2D eigenvalue weighted by molar-refractivity contribution is 0.487. The molecule has 0 N–H and O–H groups in total. The molecular weight excluding hydrogens is 287 g/mol. The van der Waals surface area contributed by atoms with E-state index < -0.39 is 15.9 Å². The molecule has 0 bridgehead atoms. The Morgan fingerprint density at radius 2 is 2.06 bits per heavy atom. The summed E-state index contributed by atoms with van der Waals surface area (Å²) in [6.07, 6.45) is 0. The first-order valence-electron chi connectivity index (χ1n) is 4.42. The molecule has 1 heterocycles. The van der Waals surface area contributed by atoms with Crippen LogP contribution in [0.15, 0.2) is 39.9 Å². The van der Waals surface area contributed by atoms with E-state index in [1.807, 2.05) is 0 Å². The molecule has 0 spiro atoms. The van der Waals surface area contributed by atoms with E-state index in [0.717, 1.165) is 23.5 Å². The van der Waals surface area contributed by atoms with Crippen molar-refractivity contribution in [3.8, 4) is 5.75 Å². The van der Waals surface area contributed by atoms with Crippen LogP contribution in [0.4, 0.5) is 4.39 Å². The maximum Gasteiger partial charge on any atom is 0.348 e. The van der Waals surface area contributed by atoms with Gasteiger partial charge in [0.2, 0.25) is 0 Å². The monoisotopic (exact) mass is 292 g/mol. The van der Waals surface area contributed by atoms with E-state index in [9.17, 15) is 12.8 Å². The lowest BCUT2D eigenvalue weighted by Gasteiger charge is -2.06. The Hall–Kier alpha value is -1.11. The molecule has 17 heavy (non-hydrogen) atoms. The predicted molar refractivity (Wildman–Crippen MR) is 63.5 cm³/mol. The van der Waals surface area contributed by atoms with Gasteiger partial charge in [0, 0.05) is 0 Å². The highest BCUT2D eigenvalue weighted by molar-refractivity contribution is 7.89. The van der Waals surface area contributed by atoms with Gasteiger partial charge in [-0.05, 0) is 29.6 Å². The van der Waals surface area contributed by atoms with Crippen LogP contribution in [-0.4, -0.2) is 8.42 Å². The van der Waals surface area contributed by atoms with Crippen molar-refractivity contribution in [1.29, 1.82) is 0 Å². The zero-order valence-electron chi connectivity index (χ0n) is 8.26. The first kappa shape index (κ1) is 12.3. The van der Waals surface area contributed by atoms with Crippen molar-refractivity contribution in [2.75, 3.05) is 0 Å². The third-order valence-electron chi connectivity index (χ3n) is 1.83. The molecule has 1 aromatic heterocycles. The molecule has 0 atom stereocenters. The van der Waals surface area contributed by atoms with Crippen LogP contribution < -0.4 is 4.18 Å². The Morgan fingerprint density at radius 1 is 1.29 bits per heavy atom. The minimum absolute atomic E-state index is 0.0675. The van der Waals surface area contributed by atoms with Crippen molar-refractivity contribution in [2.24, 2.45) is 0 Å². The minimum Gasteiger partial charge on any atom is -0.377 e. The molecule has 2 rings (SSSR count). The Morgan fingerprint density at radius 3 is 2.65 bits per heavy atom. The van der Waals surface area contributed by atoms with Crippen molar-refractivity contribution < 1.29 is 17.0 Å². The van der Waals surface area contributed by atoms with Crippen LogP contribution in [-0.2, 0) is 10.1 Å². The average molecular weight is 293 g/mol. The number of benzene rings is 1. The topological polar surface area (TPSA) is 43.4 Å². The first-order chi connectivity index (χ1) is 7.99. The van der Waals surface area contributed by atoms with E-state index in [1.54, 1.807) is 11.4 Å². The standard InChI is InChI=1S/C10H6ClFO3S2/c11-8-6-7(12)3-4-9(8)15-17(13,14)10-2-1-5-16-10/h1-6H. The molecule has 0 aliphatic heterocycles. The molecule has 0 aliphatic carbocycles. The number of hydrogen-bond donors (Lipinski definition) is 0. The summed E-state index contributed by atoms with van der Waals surface area (Å²) < 4.78 is 41.1. The predicted octanol–water partition coefficient (Wildman–Crippen LogP) is 3.31. The second kappa shape index (κ2) is 4.64. The van der Waals surface area contributed by atoms with Gasteiger partial charge in [0.1, 0.15) is 5.82 Å². The first-order valence-corrected chi connectivity index (χ1v) is 7.09. The van der Waals surface area contributed by atoms with Crippen molar-refractivity contribution in [3.05, 3.63) is 46.6 Å². The summed E-state index contributed by atoms with van der Waals surface area (Å²) in [7, 11) is -3.89. The van der Waals surface area contributed by atoms with Gasteiger partial charge in [-0.2, -0.15) is 8.42 Å². The maximum absolute atomic E-state index is 12.8. The largest absolute Gasteiger partial charge is 0.377 e. The fourth-order valence-electron chi connectivity index (χ4n) is 1.11. The van der Waals surface area contributed by atoms with E-state index in [4.69, 9.17) is 15.8 Å². The van der Waals surface area contributed by atoms with Gasteiger partial charge < -0.3 is 4.18 Å². The van der Waals surface area contributed by atoms with Crippen molar-refractivity contribution in [2.45, 2.75) is 4.21 Å². The molecule has 0 aliphatic rings. The van der Waals surface area contributed by atoms with E-state index in [0.29, 0.717) is 0 Å². The van der Waals surface area contributed by atoms with Crippen molar-refractivity contribution >= 4 is 33.1 Å². The van der Waals surface area contributed by atoms with Gasteiger partial charge >= 0.3 is 10.1 Å². The summed E-state index contributed by atoms with van der Waals surface area (Å²) in [4.78, 5) is 0. The van der Waals surface area contributed by atoms with Crippen LogP contribution in [0.5, 0.6) is 5.75 Å². The molecule has 0 unspecified atom stereocenters. The second-order valence-electron chi connectivity index (χ2n) is 3.04. The highest BCUT2D eigenvalue weighted by atomic mass is 35.5. The molecule has 0 saturated carbocycles.